The van der Waals surface area contributed by atoms with Crippen molar-refractivity contribution < 1.29 is 0 Å². The van der Waals surface area contributed by atoms with E-state index < -0.39 is 0 Å². The van der Waals surface area contributed by atoms with Crippen LogP contribution in [-0.2, 0) is 6.54 Å². The van der Waals surface area contributed by atoms with Crippen molar-refractivity contribution in [1.82, 2.24) is 4.98 Å². The van der Waals surface area contributed by atoms with Gasteiger partial charge in [0.05, 0.1) is 5.69 Å². The predicted molar refractivity (Wildman–Crippen MR) is 64.7 cm³/mol. The maximum Gasteiger partial charge on any atom is 0.126 e. The van der Waals surface area contributed by atoms with Crippen LogP contribution in [0.15, 0.2) is 18.2 Å². The van der Waals surface area contributed by atoms with E-state index in [0.717, 1.165) is 24.0 Å². The van der Waals surface area contributed by atoms with Crippen LogP contribution < -0.4 is 11.1 Å². The Bertz CT molecular complexity index is 282. The van der Waals surface area contributed by atoms with Crippen molar-refractivity contribution in [3.8, 4) is 0 Å². The fraction of sp³-hybridized carbons (Fsp3) is 0.583. The quantitative estimate of drug-likeness (QED) is 0.753. The molecule has 0 fully saturated rings. The van der Waals surface area contributed by atoms with Crippen molar-refractivity contribution in [3.05, 3.63) is 23.9 Å². The Kier molecular flexibility index (Phi) is 5.12. The summed E-state index contributed by atoms with van der Waals surface area (Å²) < 4.78 is 0. The number of hydrogen-bond acceptors (Lipinski definition) is 3. The minimum absolute atomic E-state index is 0.501. The normalized spacial score (nSPS) is 10.7. The summed E-state index contributed by atoms with van der Waals surface area (Å²) in [6.07, 6.45) is 2.42. The second-order valence-corrected chi connectivity index (χ2v) is 3.78. The average Bonchev–Trinajstić information content (AvgIpc) is 2.31. The molecule has 0 radical (unpaired) electrons. The van der Waals surface area contributed by atoms with Gasteiger partial charge < -0.3 is 11.1 Å². The highest BCUT2D eigenvalue weighted by Crippen LogP contribution is 2.10. The van der Waals surface area contributed by atoms with Crippen molar-refractivity contribution in [2.45, 2.75) is 33.2 Å². The minimum Gasteiger partial charge on any atom is -0.370 e. The predicted octanol–water partition coefficient (Wildman–Crippen LogP) is 2.39. The average molecular weight is 207 g/mol. The van der Waals surface area contributed by atoms with Crippen LogP contribution in [0, 0.1) is 5.92 Å². The van der Waals surface area contributed by atoms with Gasteiger partial charge in [-0.15, -0.1) is 0 Å². The molecule has 0 aliphatic carbocycles. The van der Waals surface area contributed by atoms with E-state index in [0.29, 0.717) is 6.54 Å². The summed E-state index contributed by atoms with van der Waals surface area (Å²) in [6, 6.07) is 5.92. The van der Waals surface area contributed by atoms with E-state index >= 15 is 0 Å². The highest BCUT2D eigenvalue weighted by molar-refractivity contribution is 5.35. The second-order valence-electron chi connectivity index (χ2n) is 3.78. The van der Waals surface area contributed by atoms with Gasteiger partial charge in [-0.25, -0.2) is 4.98 Å². The molecule has 84 valence electrons. The van der Waals surface area contributed by atoms with Crippen molar-refractivity contribution >= 4 is 5.82 Å². The van der Waals surface area contributed by atoms with Crippen LogP contribution in [0.3, 0.4) is 0 Å². The zero-order chi connectivity index (χ0) is 11.1. The van der Waals surface area contributed by atoms with Gasteiger partial charge in [0.25, 0.3) is 0 Å². The van der Waals surface area contributed by atoms with E-state index in [4.69, 9.17) is 5.73 Å². The van der Waals surface area contributed by atoms with Gasteiger partial charge >= 0.3 is 0 Å². The molecule has 0 spiro atoms. The van der Waals surface area contributed by atoms with Crippen molar-refractivity contribution in [2.24, 2.45) is 11.7 Å². The first-order chi connectivity index (χ1) is 7.30. The molecule has 0 saturated heterocycles. The van der Waals surface area contributed by atoms with E-state index in [1.165, 1.54) is 12.8 Å². The maximum absolute atomic E-state index is 5.54. The molecular weight excluding hydrogens is 186 g/mol. The summed E-state index contributed by atoms with van der Waals surface area (Å²) in [5.41, 5.74) is 6.47. The number of hydrogen-bond donors (Lipinski definition) is 2. The van der Waals surface area contributed by atoms with Crippen LogP contribution in [0.25, 0.3) is 0 Å². The van der Waals surface area contributed by atoms with Crippen molar-refractivity contribution in [3.63, 3.8) is 0 Å². The number of pyridine rings is 1. The molecule has 15 heavy (non-hydrogen) atoms. The lowest BCUT2D eigenvalue weighted by molar-refractivity contribution is 0.518. The number of nitrogens with zero attached hydrogens (tertiary/aromatic N) is 1. The monoisotopic (exact) mass is 207 g/mol. The molecule has 0 unspecified atom stereocenters. The summed E-state index contributed by atoms with van der Waals surface area (Å²) >= 11 is 0. The maximum atomic E-state index is 5.54. The lowest BCUT2D eigenvalue weighted by Crippen LogP contribution is -2.14. The summed E-state index contributed by atoms with van der Waals surface area (Å²) in [6.45, 7) is 5.94. The van der Waals surface area contributed by atoms with Gasteiger partial charge in [-0.3, -0.25) is 0 Å². The molecule has 0 saturated carbocycles. The third-order valence-electron chi connectivity index (χ3n) is 2.74. The van der Waals surface area contributed by atoms with Crippen LogP contribution in [0.2, 0.25) is 0 Å². The Morgan fingerprint density at radius 1 is 1.33 bits per heavy atom. The first kappa shape index (κ1) is 12.0. The molecule has 3 N–H and O–H groups in total. The fourth-order valence-corrected chi connectivity index (χ4v) is 1.52. The van der Waals surface area contributed by atoms with Crippen LogP contribution in [0.5, 0.6) is 0 Å². The van der Waals surface area contributed by atoms with E-state index in [1.807, 2.05) is 18.2 Å². The van der Waals surface area contributed by atoms with Gasteiger partial charge in [0.15, 0.2) is 0 Å². The molecule has 0 amide bonds. The van der Waals surface area contributed by atoms with Gasteiger partial charge in [-0.05, 0) is 18.1 Å². The molecule has 1 aromatic rings. The fourth-order valence-electron chi connectivity index (χ4n) is 1.52. The van der Waals surface area contributed by atoms with Crippen molar-refractivity contribution in [1.29, 1.82) is 0 Å². The lowest BCUT2D eigenvalue weighted by atomic mass is 10.0. The molecular formula is C12H21N3. The summed E-state index contributed by atoms with van der Waals surface area (Å²) in [7, 11) is 0. The van der Waals surface area contributed by atoms with Crippen molar-refractivity contribution in [2.75, 3.05) is 11.9 Å². The molecule has 0 aliphatic heterocycles. The molecule has 3 nitrogen and oxygen atoms in total. The number of rotatable bonds is 6. The van der Waals surface area contributed by atoms with Crippen LogP contribution in [0.1, 0.15) is 32.4 Å². The summed E-state index contributed by atoms with van der Waals surface area (Å²) in [5, 5.41) is 3.35. The van der Waals surface area contributed by atoms with E-state index in [2.05, 4.69) is 24.1 Å². The van der Waals surface area contributed by atoms with E-state index in [1.54, 1.807) is 0 Å². The zero-order valence-electron chi connectivity index (χ0n) is 9.66. The molecule has 0 bridgehead atoms. The Labute approximate surface area is 92.1 Å². The molecule has 0 atom stereocenters. The molecule has 1 rings (SSSR count). The minimum atomic E-state index is 0.501. The number of aromatic nitrogens is 1. The first-order valence-corrected chi connectivity index (χ1v) is 5.70. The van der Waals surface area contributed by atoms with Gasteiger partial charge in [0, 0.05) is 13.1 Å². The third kappa shape index (κ3) is 3.88. The SMILES string of the molecule is CCC(CC)CNc1cccc(CN)n1. The Morgan fingerprint density at radius 2 is 2.07 bits per heavy atom. The smallest absolute Gasteiger partial charge is 0.126 e. The molecule has 0 aromatic carbocycles. The van der Waals surface area contributed by atoms with Gasteiger partial charge in [-0.1, -0.05) is 32.8 Å². The topological polar surface area (TPSA) is 50.9 Å². The van der Waals surface area contributed by atoms with Gasteiger partial charge in [0.2, 0.25) is 0 Å². The van der Waals surface area contributed by atoms with E-state index in [9.17, 15) is 0 Å². The highest BCUT2D eigenvalue weighted by atomic mass is 15.0. The Hall–Kier alpha value is -1.09. The summed E-state index contributed by atoms with van der Waals surface area (Å²) in [4.78, 5) is 4.40. The molecule has 1 heterocycles. The number of nitrogens with two attached hydrogens (primary N) is 1. The van der Waals surface area contributed by atoms with Crippen LogP contribution in [0.4, 0.5) is 5.82 Å². The second kappa shape index (κ2) is 6.40. The molecule has 0 aliphatic rings. The Balaban J connectivity index is 2.49. The van der Waals surface area contributed by atoms with E-state index in [-0.39, 0.29) is 0 Å². The largest absolute Gasteiger partial charge is 0.370 e. The highest BCUT2D eigenvalue weighted by Gasteiger charge is 2.03. The standard InChI is InChI=1S/C12H21N3/c1-3-10(4-2)9-14-12-7-5-6-11(8-13)15-12/h5-7,10H,3-4,8-9,13H2,1-2H3,(H,14,15). The number of anilines is 1. The Morgan fingerprint density at radius 3 is 2.67 bits per heavy atom. The summed E-state index contributed by atoms with van der Waals surface area (Å²) in [5.74, 6) is 1.66. The zero-order valence-corrected chi connectivity index (χ0v) is 9.66. The van der Waals surface area contributed by atoms with Gasteiger partial charge in [0.1, 0.15) is 5.82 Å². The first-order valence-electron chi connectivity index (χ1n) is 5.70. The molecule has 1 aromatic heterocycles. The van der Waals surface area contributed by atoms with Gasteiger partial charge in [-0.2, -0.15) is 0 Å². The van der Waals surface area contributed by atoms with Crippen LogP contribution >= 0.6 is 0 Å². The third-order valence-corrected chi connectivity index (χ3v) is 2.74. The lowest BCUT2D eigenvalue weighted by Gasteiger charge is -2.13. The molecule has 3 heteroatoms. The number of nitrogens with one attached hydrogen (secondary N) is 1. The van der Waals surface area contributed by atoms with Crippen LogP contribution in [-0.4, -0.2) is 11.5 Å².